The largest absolute Gasteiger partial charge is 0.544 e. The molecule has 7 nitrogen and oxygen atoms in total. The van der Waals surface area contributed by atoms with E-state index in [0.29, 0.717) is 29.5 Å². The highest BCUT2D eigenvalue weighted by atomic mass is 35.5. The number of halogens is 1. The fourth-order valence-corrected chi connectivity index (χ4v) is 2.08. The first-order valence-corrected chi connectivity index (χ1v) is 7.32. The van der Waals surface area contributed by atoms with Gasteiger partial charge in [0.2, 0.25) is 5.91 Å². The molecule has 122 valence electrons. The van der Waals surface area contributed by atoms with Gasteiger partial charge in [-0.3, -0.25) is 4.79 Å². The van der Waals surface area contributed by atoms with Crippen molar-refractivity contribution in [3.8, 4) is 5.75 Å². The van der Waals surface area contributed by atoms with Crippen LogP contribution >= 0.6 is 11.6 Å². The number of rotatable bonds is 9. The molecule has 8 heteroatoms. The molecule has 1 amide bonds. The summed E-state index contributed by atoms with van der Waals surface area (Å²) in [5.74, 6) is -1.26. The predicted octanol–water partition coefficient (Wildman–Crippen LogP) is -2.01. The van der Waals surface area contributed by atoms with Gasteiger partial charge in [0, 0.05) is 11.4 Å². The average Bonchev–Trinajstić information content (AvgIpc) is 2.46. The van der Waals surface area contributed by atoms with Gasteiger partial charge >= 0.3 is 0 Å². The number of carboxylic acids is 1. The number of anilines is 1. The SMILES string of the molecule is COc1ccc(Cl)cc1NC(=O)C[C@@H]([NH2+]CCC[NH3+])C(=O)[O-]. The van der Waals surface area contributed by atoms with Gasteiger partial charge in [0.25, 0.3) is 0 Å². The first kappa shape index (κ1) is 18.2. The normalized spacial score (nSPS) is 11.8. The highest BCUT2D eigenvalue weighted by Gasteiger charge is 2.19. The van der Waals surface area contributed by atoms with Gasteiger partial charge in [-0.25, -0.2) is 0 Å². The summed E-state index contributed by atoms with van der Waals surface area (Å²) in [4.78, 5) is 23.1. The van der Waals surface area contributed by atoms with Gasteiger partial charge in [-0.2, -0.15) is 0 Å². The third-order valence-electron chi connectivity index (χ3n) is 3.05. The molecule has 0 spiro atoms. The van der Waals surface area contributed by atoms with Crippen molar-refractivity contribution in [3.05, 3.63) is 23.2 Å². The molecule has 0 aliphatic heterocycles. The third kappa shape index (κ3) is 5.88. The minimum atomic E-state index is -1.27. The van der Waals surface area contributed by atoms with E-state index in [4.69, 9.17) is 16.3 Å². The number of nitrogens with one attached hydrogen (secondary N) is 1. The maximum absolute atomic E-state index is 12.0. The van der Waals surface area contributed by atoms with E-state index in [1.54, 1.807) is 23.5 Å². The van der Waals surface area contributed by atoms with Crippen molar-refractivity contribution in [2.45, 2.75) is 18.9 Å². The van der Waals surface area contributed by atoms with Gasteiger partial charge in [0.05, 0.1) is 38.3 Å². The van der Waals surface area contributed by atoms with Crippen molar-refractivity contribution < 1.29 is 30.5 Å². The number of carboxylic acid groups (broad SMARTS) is 1. The zero-order chi connectivity index (χ0) is 16.5. The van der Waals surface area contributed by atoms with E-state index in [-0.39, 0.29) is 6.42 Å². The molecule has 0 aliphatic rings. The summed E-state index contributed by atoms with van der Waals surface area (Å²) in [7, 11) is 1.47. The predicted molar refractivity (Wildman–Crippen MR) is 79.2 cm³/mol. The lowest BCUT2D eigenvalue weighted by molar-refractivity contribution is -0.684. The number of quaternary nitrogens is 2. The number of hydrogen-bond acceptors (Lipinski definition) is 4. The minimum Gasteiger partial charge on any atom is -0.544 e. The maximum atomic E-state index is 12.0. The molecular formula is C14H21ClN3O4+. The van der Waals surface area contributed by atoms with E-state index in [0.717, 1.165) is 6.42 Å². The van der Waals surface area contributed by atoms with Gasteiger partial charge in [-0.05, 0) is 18.2 Å². The Morgan fingerprint density at radius 3 is 2.82 bits per heavy atom. The highest BCUT2D eigenvalue weighted by molar-refractivity contribution is 6.31. The Bertz CT molecular complexity index is 525. The Balaban J connectivity index is 2.67. The molecule has 6 N–H and O–H groups in total. The number of carbonyl (C=O) groups excluding carboxylic acids is 2. The van der Waals surface area contributed by atoms with Crippen LogP contribution in [0.5, 0.6) is 5.75 Å². The number of ether oxygens (including phenoxy) is 1. The number of methoxy groups -OCH3 is 1. The summed E-state index contributed by atoms with van der Waals surface area (Å²) in [6.45, 7) is 1.29. The Kier molecular flexibility index (Phi) is 7.65. The van der Waals surface area contributed by atoms with E-state index in [2.05, 4.69) is 11.1 Å². The number of nitrogens with two attached hydrogens (primary N) is 1. The van der Waals surface area contributed by atoms with Crippen molar-refractivity contribution in [2.24, 2.45) is 0 Å². The molecule has 0 bridgehead atoms. The molecular weight excluding hydrogens is 310 g/mol. The van der Waals surface area contributed by atoms with Crippen molar-refractivity contribution in [2.75, 3.05) is 25.5 Å². The molecule has 1 aromatic rings. The summed E-state index contributed by atoms with van der Waals surface area (Å²) in [6, 6.07) is 3.86. The Morgan fingerprint density at radius 1 is 1.50 bits per heavy atom. The molecule has 1 rings (SSSR count). The van der Waals surface area contributed by atoms with Crippen molar-refractivity contribution in [1.29, 1.82) is 0 Å². The van der Waals surface area contributed by atoms with Gasteiger partial charge in [-0.1, -0.05) is 11.6 Å². The van der Waals surface area contributed by atoms with Crippen LogP contribution in [0.3, 0.4) is 0 Å². The van der Waals surface area contributed by atoms with Gasteiger partial charge in [0.1, 0.15) is 11.8 Å². The van der Waals surface area contributed by atoms with E-state index in [9.17, 15) is 14.7 Å². The second-order valence-corrected chi connectivity index (χ2v) is 5.19. The van der Waals surface area contributed by atoms with Crippen LogP contribution < -0.4 is 26.2 Å². The summed E-state index contributed by atoms with van der Waals surface area (Å²) in [6.07, 6.45) is 0.572. The quantitative estimate of drug-likeness (QED) is 0.453. The number of carbonyl (C=O) groups is 2. The highest BCUT2D eigenvalue weighted by Crippen LogP contribution is 2.27. The fourth-order valence-electron chi connectivity index (χ4n) is 1.91. The maximum Gasteiger partial charge on any atom is 0.230 e. The molecule has 0 unspecified atom stereocenters. The van der Waals surface area contributed by atoms with Gasteiger partial charge in [0.15, 0.2) is 0 Å². The molecule has 0 aliphatic carbocycles. The number of hydrogen-bond donors (Lipinski definition) is 3. The third-order valence-corrected chi connectivity index (χ3v) is 3.28. The minimum absolute atomic E-state index is 0.199. The van der Waals surface area contributed by atoms with E-state index in [1.807, 2.05) is 0 Å². The zero-order valence-corrected chi connectivity index (χ0v) is 13.2. The molecule has 1 atom stereocenters. The van der Waals surface area contributed by atoms with Crippen LogP contribution in [0.15, 0.2) is 18.2 Å². The first-order chi connectivity index (χ1) is 10.5. The van der Waals surface area contributed by atoms with Gasteiger partial charge < -0.3 is 31.0 Å². The smallest absolute Gasteiger partial charge is 0.230 e. The molecule has 0 saturated heterocycles. The molecule has 0 radical (unpaired) electrons. The lowest BCUT2D eigenvalue weighted by Gasteiger charge is -2.16. The van der Waals surface area contributed by atoms with Crippen LogP contribution in [0.2, 0.25) is 5.02 Å². The molecule has 0 fully saturated rings. The molecule has 22 heavy (non-hydrogen) atoms. The second kappa shape index (κ2) is 9.24. The monoisotopic (exact) mass is 330 g/mol. The fraction of sp³-hybridized carbons (Fsp3) is 0.429. The molecule has 0 aromatic heterocycles. The molecule has 0 heterocycles. The van der Waals surface area contributed by atoms with Crippen LogP contribution in [-0.2, 0) is 9.59 Å². The number of benzene rings is 1. The second-order valence-electron chi connectivity index (χ2n) is 4.75. The Morgan fingerprint density at radius 2 is 2.23 bits per heavy atom. The summed E-state index contributed by atoms with van der Waals surface area (Å²) < 4.78 is 5.12. The van der Waals surface area contributed by atoms with Crippen LogP contribution in [0.1, 0.15) is 12.8 Å². The van der Waals surface area contributed by atoms with Gasteiger partial charge in [-0.15, -0.1) is 0 Å². The van der Waals surface area contributed by atoms with E-state index >= 15 is 0 Å². The average molecular weight is 331 g/mol. The Labute approximate surface area is 133 Å². The van der Waals surface area contributed by atoms with Crippen molar-refractivity contribution in [3.63, 3.8) is 0 Å². The zero-order valence-electron chi connectivity index (χ0n) is 12.4. The van der Waals surface area contributed by atoms with Crippen LogP contribution in [0, 0.1) is 0 Å². The van der Waals surface area contributed by atoms with Crippen LogP contribution in [0.25, 0.3) is 0 Å². The first-order valence-electron chi connectivity index (χ1n) is 6.94. The van der Waals surface area contributed by atoms with E-state index in [1.165, 1.54) is 7.11 Å². The number of amides is 1. The summed E-state index contributed by atoms with van der Waals surface area (Å²) in [5.41, 5.74) is 4.08. The molecule has 0 saturated carbocycles. The lowest BCUT2D eigenvalue weighted by atomic mass is 10.2. The summed E-state index contributed by atoms with van der Waals surface area (Å²) >= 11 is 5.87. The van der Waals surface area contributed by atoms with Crippen molar-refractivity contribution in [1.82, 2.24) is 0 Å². The lowest BCUT2D eigenvalue weighted by Crippen LogP contribution is -2.93. The summed E-state index contributed by atoms with van der Waals surface area (Å²) in [5, 5.41) is 15.7. The van der Waals surface area contributed by atoms with Crippen molar-refractivity contribution >= 4 is 29.2 Å². The van der Waals surface area contributed by atoms with E-state index < -0.39 is 17.9 Å². The van der Waals surface area contributed by atoms with Crippen LogP contribution in [0.4, 0.5) is 5.69 Å². The number of aliphatic carboxylic acids is 1. The van der Waals surface area contributed by atoms with Crippen LogP contribution in [-0.4, -0.2) is 38.1 Å². The standard InChI is InChI=1S/C14H20ClN3O4/c1-22-12-4-3-9(15)7-10(12)18-13(19)8-11(14(20)21)17-6-2-5-16/h3-4,7,11,17H,2,5-6,8,16H2,1H3,(H,18,19)(H,20,21)/p+1/t11-/m1/s1. The molecule has 1 aromatic carbocycles. The Hall–Kier alpha value is -1.83. The topological polar surface area (TPSA) is 123 Å².